The third-order valence-corrected chi connectivity index (χ3v) is 5.11. The molecular weight excluding hydrogens is 294 g/mol. The maximum atomic E-state index is 12.1. The number of amides is 1. The number of carbonyl (C=O) groups excluding carboxylic acids is 1. The molecule has 2 fully saturated rings. The lowest BCUT2D eigenvalue weighted by atomic mass is 9.71. The molecule has 1 unspecified atom stereocenters. The number of alkyl carbamates (subject to hydrolysis) is 1. The zero-order chi connectivity index (χ0) is 17.1. The van der Waals surface area contributed by atoms with Crippen molar-refractivity contribution in [2.75, 3.05) is 6.54 Å². The summed E-state index contributed by atoms with van der Waals surface area (Å²) in [7, 11) is 0. The first-order valence-corrected chi connectivity index (χ1v) is 8.93. The zero-order valence-corrected chi connectivity index (χ0v) is 14.7. The Morgan fingerprint density at radius 3 is 2.17 bits per heavy atom. The molecule has 2 saturated carbocycles. The fraction of sp³-hybridized carbons (Fsp3) is 0.889. The van der Waals surface area contributed by atoms with Crippen LogP contribution in [0.4, 0.5) is 4.79 Å². The van der Waals surface area contributed by atoms with Crippen LogP contribution < -0.4 is 5.32 Å². The third-order valence-electron chi connectivity index (χ3n) is 5.11. The van der Waals surface area contributed by atoms with Gasteiger partial charge in [0.1, 0.15) is 5.60 Å². The highest BCUT2D eigenvalue weighted by atomic mass is 16.6. The van der Waals surface area contributed by atoms with Crippen molar-refractivity contribution in [2.24, 2.45) is 17.3 Å². The highest BCUT2D eigenvalue weighted by Gasteiger charge is 2.52. The van der Waals surface area contributed by atoms with Gasteiger partial charge in [-0.2, -0.15) is 0 Å². The number of nitrogens with one attached hydrogen (secondary N) is 1. The summed E-state index contributed by atoms with van der Waals surface area (Å²) in [6, 6.07) is 0. The number of ether oxygens (including phenoxy) is 1. The van der Waals surface area contributed by atoms with E-state index in [0.29, 0.717) is 12.3 Å². The molecule has 0 saturated heterocycles. The summed E-state index contributed by atoms with van der Waals surface area (Å²) in [5.74, 6) is -0.0978. The van der Waals surface area contributed by atoms with E-state index in [9.17, 15) is 14.7 Å². The Labute approximate surface area is 139 Å². The number of hydrogen-bond acceptors (Lipinski definition) is 3. The Morgan fingerprint density at radius 1 is 1.09 bits per heavy atom. The van der Waals surface area contributed by atoms with Gasteiger partial charge in [-0.25, -0.2) is 4.79 Å². The molecule has 132 valence electrons. The van der Waals surface area contributed by atoms with Crippen molar-refractivity contribution in [2.45, 2.75) is 77.7 Å². The smallest absolute Gasteiger partial charge is 0.407 e. The molecule has 2 aliphatic carbocycles. The van der Waals surface area contributed by atoms with Crippen LogP contribution in [0.5, 0.6) is 0 Å². The molecule has 23 heavy (non-hydrogen) atoms. The van der Waals surface area contributed by atoms with Crippen LogP contribution in [-0.2, 0) is 9.53 Å². The predicted molar refractivity (Wildman–Crippen MR) is 88.2 cm³/mol. The molecule has 1 atom stereocenters. The first kappa shape index (κ1) is 18.1. The maximum Gasteiger partial charge on any atom is 0.407 e. The van der Waals surface area contributed by atoms with Gasteiger partial charge in [0, 0.05) is 6.54 Å². The molecule has 2 aliphatic rings. The zero-order valence-electron chi connectivity index (χ0n) is 14.7. The quantitative estimate of drug-likeness (QED) is 0.775. The van der Waals surface area contributed by atoms with Crippen LogP contribution in [-0.4, -0.2) is 29.3 Å². The Kier molecular flexibility index (Phi) is 5.58. The van der Waals surface area contributed by atoms with Crippen molar-refractivity contribution in [1.29, 1.82) is 0 Å². The minimum absolute atomic E-state index is 0.179. The average Bonchev–Trinajstić information content (AvgIpc) is 3.27. The van der Waals surface area contributed by atoms with Crippen molar-refractivity contribution in [1.82, 2.24) is 5.32 Å². The molecule has 0 aromatic carbocycles. The molecule has 5 nitrogen and oxygen atoms in total. The van der Waals surface area contributed by atoms with E-state index >= 15 is 0 Å². The average molecular weight is 325 g/mol. The molecule has 5 heteroatoms. The molecule has 1 amide bonds. The topological polar surface area (TPSA) is 75.6 Å². The number of rotatable bonds is 6. The summed E-state index contributed by atoms with van der Waals surface area (Å²) in [6.07, 6.45) is 7.97. The van der Waals surface area contributed by atoms with Gasteiger partial charge in [0.25, 0.3) is 0 Å². The van der Waals surface area contributed by atoms with Crippen molar-refractivity contribution < 1.29 is 19.4 Å². The van der Waals surface area contributed by atoms with Crippen molar-refractivity contribution in [3.05, 3.63) is 0 Å². The third kappa shape index (κ3) is 5.11. The van der Waals surface area contributed by atoms with E-state index in [2.05, 4.69) is 5.32 Å². The summed E-state index contributed by atoms with van der Waals surface area (Å²) >= 11 is 0. The van der Waals surface area contributed by atoms with Crippen LogP contribution in [0.2, 0.25) is 0 Å². The SMILES string of the molecule is CC(C)(C)OC(=O)NCC(CC1CCCCC1)(C(=O)O)C1CC1. The van der Waals surface area contributed by atoms with E-state index in [1.807, 2.05) is 0 Å². The highest BCUT2D eigenvalue weighted by molar-refractivity contribution is 5.77. The largest absolute Gasteiger partial charge is 0.481 e. The molecule has 0 radical (unpaired) electrons. The van der Waals surface area contributed by atoms with E-state index in [1.165, 1.54) is 19.3 Å². The molecule has 0 aromatic heterocycles. The molecule has 2 rings (SSSR count). The maximum absolute atomic E-state index is 12.1. The van der Waals surface area contributed by atoms with Crippen LogP contribution in [0.1, 0.15) is 72.1 Å². The Bertz CT molecular complexity index is 433. The van der Waals surface area contributed by atoms with Gasteiger partial charge in [-0.15, -0.1) is 0 Å². The Hall–Kier alpha value is -1.26. The van der Waals surface area contributed by atoms with Gasteiger partial charge in [-0.1, -0.05) is 32.1 Å². The molecular formula is C18H31NO4. The number of hydrogen-bond donors (Lipinski definition) is 2. The second-order valence-corrected chi connectivity index (χ2v) is 8.30. The van der Waals surface area contributed by atoms with Crippen LogP contribution in [0, 0.1) is 17.3 Å². The second-order valence-electron chi connectivity index (χ2n) is 8.30. The van der Waals surface area contributed by atoms with Crippen molar-refractivity contribution in [3.8, 4) is 0 Å². The first-order chi connectivity index (χ1) is 10.7. The predicted octanol–water partition coefficient (Wildman–Crippen LogP) is 3.96. The fourth-order valence-corrected chi connectivity index (χ4v) is 3.81. The van der Waals surface area contributed by atoms with Crippen molar-refractivity contribution in [3.63, 3.8) is 0 Å². The van der Waals surface area contributed by atoms with E-state index in [4.69, 9.17) is 4.74 Å². The number of aliphatic carboxylic acids is 1. The fourth-order valence-electron chi connectivity index (χ4n) is 3.81. The monoisotopic (exact) mass is 325 g/mol. The normalized spacial score (nSPS) is 22.2. The lowest BCUT2D eigenvalue weighted by molar-refractivity contribution is -0.151. The molecule has 0 heterocycles. The summed E-state index contributed by atoms with van der Waals surface area (Å²) in [5, 5.41) is 12.6. The van der Waals surface area contributed by atoms with E-state index in [-0.39, 0.29) is 12.5 Å². The van der Waals surface area contributed by atoms with Gasteiger partial charge >= 0.3 is 12.1 Å². The second kappa shape index (κ2) is 7.10. The molecule has 0 aliphatic heterocycles. The minimum atomic E-state index is -0.821. The van der Waals surface area contributed by atoms with Crippen molar-refractivity contribution >= 4 is 12.1 Å². The van der Waals surface area contributed by atoms with Crippen LogP contribution in [0.3, 0.4) is 0 Å². The number of carbonyl (C=O) groups is 2. The van der Waals surface area contributed by atoms with Gasteiger partial charge in [-0.05, 0) is 51.9 Å². The highest BCUT2D eigenvalue weighted by Crippen LogP contribution is 2.50. The lowest BCUT2D eigenvalue weighted by Crippen LogP contribution is -2.47. The van der Waals surface area contributed by atoms with E-state index in [0.717, 1.165) is 25.7 Å². The first-order valence-electron chi connectivity index (χ1n) is 8.93. The minimum Gasteiger partial charge on any atom is -0.481 e. The number of carboxylic acids is 1. The Morgan fingerprint density at radius 2 is 1.70 bits per heavy atom. The van der Waals surface area contributed by atoms with Gasteiger partial charge in [0.15, 0.2) is 0 Å². The van der Waals surface area contributed by atoms with Gasteiger partial charge in [0.2, 0.25) is 0 Å². The van der Waals surface area contributed by atoms with E-state index in [1.54, 1.807) is 20.8 Å². The summed E-state index contributed by atoms with van der Waals surface area (Å²) < 4.78 is 5.26. The van der Waals surface area contributed by atoms with E-state index < -0.39 is 23.1 Å². The molecule has 0 bridgehead atoms. The summed E-state index contributed by atoms with van der Waals surface area (Å²) in [6.45, 7) is 5.60. The van der Waals surface area contributed by atoms with Crippen LogP contribution >= 0.6 is 0 Å². The van der Waals surface area contributed by atoms with Gasteiger partial charge < -0.3 is 15.2 Å². The van der Waals surface area contributed by atoms with Crippen LogP contribution in [0.15, 0.2) is 0 Å². The molecule has 2 N–H and O–H groups in total. The molecule has 0 spiro atoms. The summed E-state index contributed by atoms with van der Waals surface area (Å²) in [5.41, 5.74) is -1.39. The number of carboxylic acid groups (broad SMARTS) is 1. The summed E-state index contributed by atoms with van der Waals surface area (Å²) in [4.78, 5) is 24.0. The lowest BCUT2D eigenvalue weighted by Gasteiger charge is -2.35. The standard InChI is InChI=1S/C18H31NO4/c1-17(2,3)23-16(22)19-12-18(15(20)21,14-9-10-14)11-13-7-5-4-6-8-13/h13-14H,4-12H2,1-3H3,(H,19,22)(H,20,21). The van der Waals surface area contributed by atoms with Gasteiger partial charge in [0.05, 0.1) is 5.41 Å². The van der Waals surface area contributed by atoms with Crippen LogP contribution in [0.25, 0.3) is 0 Å². The molecule has 0 aromatic rings. The van der Waals surface area contributed by atoms with Gasteiger partial charge in [-0.3, -0.25) is 4.79 Å². The Balaban J connectivity index is 2.01.